The Bertz CT molecular complexity index is 847. The number of pyridine rings is 1. The molecule has 6 heteroatoms. The van der Waals surface area contributed by atoms with Crippen LogP contribution in [0.15, 0.2) is 30.9 Å². The molecule has 22 heavy (non-hydrogen) atoms. The molecule has 0 spiro atoms. The van der Waals surface area contributed by atoms with Crippen LogP contribution < -0.4 is 0 Å². The van der Waals surface area contributed by atoms with E-state index in [0.29, 0.717) is 13.0 Å². The maximum atomic E-state index is 12.6. The molecule has 0 saturated heterocycles. The van der Waals surface area contributed by atoms with Crippen molar-refractivity contribution in [3.05, 3.63) is 53.5 Å². The van der Waals surface area contributed by atoms with Gasteiger partial charge in [0.25, 0.3) is 0 Å². The average Bonchev–Trinajstić information content (AvgIpc) is 3.14. The van der Waals surface area contributed by atoms with Gasteiger partial charge in [-0.05, 0) is 18.6 Å². The number of carbonyl (C=O) groups is 1. The van der Waals surface area contributed by atoms with Crippen LogP contribution >= 0.6 is 0 Å². The first-order valence-corrected chi connectivity index (χ1v) is 7.43. The first kappa shape index (κ1) is 13.1. The Hall–Kier alpha value is -2.63. The third kappa shape index (κ3) is 2.07. The van der Waals surface area contributed by atoms with Crippen molar-refractivity contribution < 1.29 is 4.79 Å². The van der Waals surface area contributed by atoms with Crippen molar-refractivity contribution in [3.8, 4) is 0 Å². The summed E-state index contributed by atoms with van der Waals surface area (Å²) in [6.07, 6.45) is 6.64. The Morgan fingerprint density at radius 3 is 3.23 bits per heavy atom. The number of hydrogen-bond acceptors (Lipinski definition) is 3. The summed E-state index contributed by atoms with van der Waals surface area (Å²) in [6.45, 7) is 3.37. The second-order valence-corrected chi connectivity index (χ2v) is 5.70. The van der Waals surface area contributed by atoms with E-state index in [2.05, 4.69) is 15.0 Å². The number of rotatable bonds is 2. The molecule has 4 rings (SSSR count). The van der Waals surface area contributed by atoms with Crippen molar-refractivity contribution in [2.75, 3.05) is 6.54 Å². The lowest BCUT2D eigenvalue weighted by Gasteiger charge is -2.26. The summed E-state index contributed by atoms with van der Waals surface area (Å²) >= 11 is 0. The zero-order valence-corrected chi connectivity index (χ0v) is 12.4. The van der Waals surface area contributed by atoms with Crippen molar-refractivity contribution in [1.82, 2.24) is 24.3 Å². The third-order valence-corrected chi connectivity index (χ3v) is 4.27. The number of nitrogens with zero attached hydrogens (tertiary/aromatic N) is 4. The largest absolute Gasteiger partial charge is 0.347 e. The summed E-state index contributed by atoms with van der Waals surface area (Å²) in [5.41, 5.74) is 5.09. The highest BCUT2D eigenvalue weighted by atomic mass is 16.2. The Morgan fingerprint density at radius 1 is 1.41 bits per heavy atom. The quantitative estimate of drug-likeness (QED) is 0.779. The summed E-state index contributed by atoms with van der Waals surface area (Å²) in [6, 6.07) is 4.01. The van der Waals surface area contributed by atoms with Crippen LogP contribution in [0.4, 0.5) is 0 Å². The first-order chi connectivity index (χ1) is 10.7. The molecule has 0 aliphatic carbocycles. The van der Waals surface area contributed by atoms with E-state index >= 15 is 0 Å². The second-order valence-electron chi connectivity index (χ2n) is 5.70. The zero-order valence-electron chi connectivity index (χ0n) is 12.4. The molecule has 3 aromatic heterocycles. The second kappa shape index (κ2) is 4.98. The van der Waals surface area contributed by atoms with Gasteiger partial charge in [-0.1, -0.05) is 6.07 Å². The van der Waals surface area contributed by atoms with E-state index in [1.807, 2.05) is 34.6 Å². The molecule has 0 saturated carbocycles. The lowest BCUT2D eigenvalue weighted by atomic mass is 10.1. The van der Waals surface area contributed by atoms with Crippen LogP contribution in [0.2, 0.25) is 0 Å². The fourth-order valence-electron chi connectivity index (χ4n) is 3.03. The molecule has 1 amide bonds. The number of imidazole rings is 2. The van der Waals surface area contributed by atoms with Crippen molar-refractivity contribution in [3.63, 3.8) is 0 Å². The Balaban J connectivity index is 1.56. The standard InChI is InChI=1S/C16H17N5O/c1-11-3-2-5-21-12(8-17-16(11)21)7-15(22)20-6-4-13-14(9-20)19-10-18-13/h2-3,5,8,10H,4,6-7,9H2,1H3,(H,18,19). The molecule has 3 aromatic rings. The molecular weight excluding hydrogens is 278 g/mol. The van der Waals surface area contributed by atoms with E-state index < -0.39 is 0 Å². The highest BCUT2D eigenvalue weighted by Crippen LogP contribution is 2.17. The normalized spacial score (nSPS) is 14.3. The minimum absolute atomic E-state index is 0.128. The molecule has 4 heterocycles. The number of aryl methyl sites for hydroxylation is 1. The summed E-state index contributed by atoms with van der Waals surface area (Å²) in [5, 5.41) is 0. The number of aromatic amines is 1. The van der Waals surface area contributed by atoms with Gasteiger partial charge in [0.05, 0.1) is 36.4 Å². The number of fused-ring (bicyclic) bond motifs is 2. The zero-order chi connectivity index (χ0) is 15.1. The van der Waals surface area contributed by atoms with E-state index in [4.69, 9.17) is 0 Å². The molecule has 0 bridgehead atoms. The monoisotopic (exact) mass is 295 g/mol. The smallest absolute Gasteiger partial charge is 0.228 e. The number of aromatic nitrogens is 4. The molecule has 0 fully saturated rings. The van der Waals surface area contributed by atoms with Crippen LogP contribution in [0.25, 0.3) is 5.65 Å². The van der Waals surface area contributed by atoms with Gasteiger partial charge in [-0.2, -0.15) is 0 Å². The summed E-state index contributed by atoms with van der Waals surface area (Å²) in [7, 11) is 0. The number of H-pyrrole nitrogens is 1. The lowest BCUT2D eigenvalue weighted by molar-refractivity contribution is -0.131. The van der Waals surface area contributed by atoms with Crippen LogP contribution in [0, 0.1) is 6.92 Å². The van der Waals surface area contributed by atoms with Crippen LogP contribution in [0.5, 0.6) is 0 Å². The summed E-state index contributed by atoms with van der Waals surface area (Å²) < 4.78 is 2.00. The number of amides is 1. The summed E-state index contributed by atoms with van der Waals surface area (Å²) in [4.78, 5) is 26.3. The van der Waals surface area contributed by atoms with E-state index in [1.165, 1.54) is 0 Å². The van der Waals surface area contributed by atoms with Gasteiger partial charge in [-0.15, -0.1) is 0 Å². The van der Waals surface area contributed by atoms with Gasteiger partial charge in [0.15, 0.2) is 0 Å². The first-order valence-electron chi connectivity index (χ1n) is 7.43. The molecule has 1 aliphatic rings. The fourth-order valence-corrected chi connectivity index (χ4v) is 3.03. The Morgan fingerprint density at radius 2 is 2.32 bits per heavy atom. The van der Waals surface area contributed by atoms with Crippen molar-refractivity contribution in [2.24, 2.45) is 0 Å². The van der Waals surface area contributed by atoms with E-state index in [0.717, 1.165) is 41.3 Å². The fraction of sp³-hybridized carbons (Fsp3) is 0.312. The predicted molar refractivity (Wildman–Crippen MR) is 81.3 cm³/mol. The van der Waals surface area contributed by atoms with Crippen molar-refractivity contribution in [1.29, 1.82) is 0 Å². The van der Waals surface area contributed by atoms with Gasteiger partial charge in [-0.25, -0.2) is 9.97 Å². The van der Waals surface area contributed by atoms with E-state index in [9.17, 15) is 4.79 Å². The maximum Gasteiger partial charge on any atom is 0.228 e. The van der Waals surface area contributed by atoms with Gasteiger partial charge in [0.1, 0.15) is 5.65 Å². The number of carbonyl (C=O) groups excluding carboxylic acids is 1. The minimum atomic E-state index is 0.128. The minimum Gasteiger partial charge on any atom is -0.347 e. The van der Waals surface area contributed by atoms with Gasteiger partial charge < -0.3 is 14.3 Å². The topological polar surface area (TPSA) is 66.3 Å². The highest BCUT2D eigenvalue weighted by Gasteiger charge is 2.23. The molecule has 112 valence electrons. The van der Waals surface area contributed by atoms with Gasteiger partial charge in [-0.3, -0.25) is 4.79 Å². The summed E-state index contributed by atoms with van der Waals surface area (Å²) in [5.74, 6) is 0.128. The van der Waals surface area contributed by atoms with Crippen LogP contribution in [0.1, 0.15) is 22.6 Å². The number of hydrogen-bond donors (Lipinski definition) is 1. The predicted octanol–water partition coefficient (Wildman–Crippen LogP) is 1.49. The van der Waals surface area contributed by atoms with Crippen molar-refractivity contribution in [2.45, 2.75) is 26.3 Å². The van der Waals surface area contributed by atoms with Crippen LogP contribution in [0.3, 0.4) is 0 Å². The Labute approximate surface area is 127 Å². The van der Waals surface area contributed by atoms with Crippen LogP contribution in [-0.4, -0.2) is 36.7 Å². The van der Waals surface area contributed by atoms with Gasteiger partial charge in [0, 0.05) is 25.4 Å². The third-order valence-electron chi connectivity index (χ3n) is 4.27. The van der Waals surface area contributed by atoms with Crippen molar-refractivity contribution >= 4 is 11.6 Å². The van der Waals surface area contributed by atoms with Crippen LogP contribution in [-0.2, 0) is 24.2 Å². The SMILES string of the molecule is Cc1cccn2c(CC(=O)N3CCc4nc[nH]c4C3)cnc12. The molecular formula is C16H17N5O. The molecule has 0 radical (unpaired) electrons. The van der Waals surface area contributed by atoms with Gasteiger partial charge in [0.2, 0.25) is 5.91 Å². The average molecular weight is 295 g/mol. The lowest BCUT2D eigenvalue weighted by Crippen LogP contribution is -2.37. The molecule has 1 aliphatic heterocycles. The Kier molecular flexibility index (Phi) is 2.96. The highest BCUT2D eigenvalue weighted by molar-refractivity contribution is 5.79. The molecule has 1 N–H and O–H groups in total. The number of nitrogens with one attached hydrogen (secondary N) is 1. The molecule has 0 atom stereocenters. The molecule has 0 aromatic carbocycles. The maximum absolute atomic E-state index is 12.6. The molecule has 0 unspecified atom stereocenters. The van der Waals surface area contributed by atoms with Gasteiger partial charge >= 0.3 is 0 Å². The van der Waals surface area contributed by atoms with E-state index in [1.54, 1.807) is 12.5 Å². The molecule has 6 nitrogen and oxygen atoms in total. The van der Waals surface area contributed by atoms with E-state index in [-0.39, 0.29) is 5.91 Å².